The quantitative estimate of drug-likeness (QED) is 0.783. The largest absolute Gasteiger partial charge is 0.315 e. The van der Waals surface area contributed by atoms with Crippen LogP contribution in [0.1, 0.15) is 28.5 Å². The summed E-state index contributed by atoms with van der Waals surface area (Å²) < 4.78 is 1.37. The number of hydrogen-bond acceptors (Lipinski definition) is 4. The first-order valence-electron chi connectivity index (χ1n) is 8.67. The van der Waals surface area contributed by atoms with Gasteiger partial charge in [0.25, 0.3) is 0 Å². The Hall–Kier alpha value is -1.75. The van der Waals surface area contributed by atoms with Crippen molar-refractivity contribution < 1.29 is 0 Å². The minimum Gasteiger partial charge on any atom is -0.315 e. The molecule has 1 fully saturated rings. The Morgan fingerprint density at radius 3 is 2.96 bits per heavy atom. The molecule has 1 unspecified atom stereocenters. The molecule has 1 N–H and O–H groups in total. The van der Waals surface area contributed by atoms with Gasteiger partial charge in [-0.3, -0.25) is 9.88 Å². The van der Waals surface area contributed by atoms with E-state index >= 15 is 0 Å². The molecule has 2 aromatic heterocycles. The van der Waals surface area contributed by atoms with Crippen molar-refractivity contribution in [1.82, 2.24) is 15.2 Å². The topological polar surface area (TPSA) is 28.2 Å². The van der Waals surface area contributed by atoms with Crippen molar-refractivity contribution in [2.45, 2.75) is 19.4 Å². The van der Waals surface area contributed by atoms with E-state index in [0.717, 1.165) is 26.2 Å². The second-order valence-electron chi connectivity index (χ2n) is 6.46. The highest BCUT2D eigenvalue weighted by Crippen LogP contribution is 2.37. The molecule has 1 aliphatic heterocycles. The van der Waals surface area contributed by atoms with Crippen molar-refractivity contribution in [3.8, 4) is 0 Å². The van der Waals surface area contributed by atoms with E-state index in [0.29, 0.717) is 6.04 Å². The zero-order valence-electron chi connectivity index (χ0n) is 14.0. The van der Waals surface area contributed by atoms with Gasteiger partial charge in [-0.15, -0.1) is 11.3 Å². The van der Waals surface area contributed by atoms with Gasteiger partial charge in [0.15, 0.2) is 0 Å². The van der Waals surface area contributed by atoms with Crippen LogP contribution in [-0.2, 0) is 0 Å². The third kappa shape index (κ3) is 3.09. The summed E-state index contributed by atoms with van der Waals surface area (Å²) in [5, 5.41) is 4.87. The molecule has 0 spiro atoms. The summed E-state index contributed by atoms with van der Waals surface area (Å²) in [5.74, 6) is 0. The van der Waals surface area contributed by atoms with Gasteiger partial charge >= 0.3 is 0 Å². The summed E-state index contributed by atoms with van der Waals surface area (Å²) in [6, 6.07) is 13.6. The third-order valence-electron chi connectivity index (χ3n) is 4.81. The van der Waals surface area contributed by atoms with Crippen LogP contribution in [0.4, 0.5) is 0 Å². The van der Waals surface area contributed by atoms with Gasteiger partial charge in [0.2, 0.25) is 0 Å². The van der Waals surface area contributed by atoms with Crippen LogP contribution in [-0.4, -0.2) is 36.1 Å². The molecule has 1 atom stereocenters. The summed E-state index contributed by atoms with van der Waals surface area (Å²) >= 11 is 1.93. The van der Waals surface area contributed by atoms with Gasteiger partial charge in [-0.25, -0.2) is 0 Å². The normalized spacial score (nSPS) is 17.7. The van der Waals surface area contributed by atoms with Gasteiger partial charge in [0, 0.05) is 41.6 Å². The Kier molecular flexibility index (Phi) is 4.60. The molecule has 1 saturated heterocycles. The molecule has 0 radical (unpaired) electrons. The minimum atomic E-state index is 0.324. The third-order valence-corrected chi connectivity index (χ3v) is 5.98. The molecule has 0 aliphatic carbocycles. The number of pyridine rings is 1. The van der Waals surface area contributed by atoms with E-state index in [1.807, 2.05) is 23.7 Å². The molecule has 3 nitrogen and oxygen atoms in total. The molecule has 124 valence electrons. The van der Waals surface area contributed by atoms with Crippen LogP contribution in [0.15, 0.2) is 48.8 Å². The van der Waals surface area contributed by atoms with Gasteiger partial charge in [-0.05, 0) is 54.6 Å². The molecule has 1 aliphatic rings. The lowest BCUT2D eigenvalue weighted by atomic mass is 9.99. The smallest absolute Gasteiger partial charge is 0.0700 e. The van der Waals surface area contributed by atoms with Crippen LogP contribution in [0.25, 0.3) is 10.1 Å². The van der Waals surface area contributed by atoms with E-state index in [1.165, 1.54) is 32.5 Å². The van der Waals surface area contributed by atoms with Crippen molar-refractivity contribution >= 4 is 21.4 Å². The number of aromatic nitrogens is 1. The number of aryl methyl sites for hydroxylation is 1. The van der Waals surface area contributed by atoms with Gasteiger partial charge in [-0.2, -0.15) is 0 Å². The first-order chi connectivity index (χ1) is 11.8. The predicted octanol–water partition coefficient (Wildman–Crippen LogP) is 3.99. The average Bonchev–Trinajstić information content (AvgIpc) is 2.84. The molecular weight excluding hydrogens is 314 g/mol. The Morgan fingerprint density at radius 2 is 2.08 bits per heavy atom. The SMILES string of the molecule is Cc1cnccc1C(c1cc2ccccc2s1)N1CCCNCC1. The maximum absolute atomic E-state index is 4.30. The summed E-state index contributed by atoms with van der Waals surface area (Å²) in [7, 11) is 0. The lowest BCUT2D eigenvalue weighted by Gasteiger charge is -2.31. The van der Waals surface area contributed by atoms with Crippen molar-refractivity contribution in [2.24, 2.45) is 0 Å². The van der Waals surface area contributed by atoms with E-state index in [9.17, 15) is 0 Å². The summed E-state index contributed by atoms with van der Waals surface area (Å²) in [5.41, 5.74) is 2.66. The molecule has 3 aromatic rings. The highest BCUT2D eigenvalue weighted by Gasteiger charge is 2.26. The summed E-state index contributed by atoms with van der Waals surface area (Å²) in [6.07, 6.45) is 5.12. The van der Waals surface area contributed by atoms with Crippen molar-refractivity contribution in [1.29, 1.82) is 0 Å². The fourth-order valence-electron chi connectivity index (χ4n) is 3.58. The Bertz CT molecular complexity index is 785. The second-order valence-corrected chi connectivity index (χ2v) is 7.58. The molecule has 0 bridgehead atoms. The zero-order chi connectivity index (χ0) is 16.4. The van der Waals surface area contributed by atoms with E-state index in [1.54, 1.807) is 0 Å². The number of rotatable bonds is 3. The molecule has 0 amide bonds. The maximum atomic E-state index is 4.30. The lowest BCUT2D eigenvalue weighted by molar-refractivity contribution is 0.243. The number of benzene rings is 1. The highest BCUT2D eigenvalue weighted by molar-refractivity contribution is 7.19. The van der Waals surface area contributed by atoms with Crippen molar-refractivity contribution in [3.63, 3.8) is 0 Å². The van der Waals surface area contributed by atoms with Crippen LogP contribution in [0.3, 0.4) is 0 Å². The first kappa shape index (κ1) is 15.8. The minimum absolute atomic E-state index is 0.324. The van der Waals surface area contributed by atoms with E-state index in [2.05, 4.69) is 58.5 Å². The van der Waals surface area contributed by atoms with Gasteiger partial charge in [0.05, 0.1) is 6.04 Å². The van der Waals surface area contributed by atoms with Crippen molar-refractivity contribution in [2.75, 3.05) is 26.2 Å². The zero-order valence-corrected chi connectivity index (χ0v) is 14.9. The van der Waals surface area contributed by atoms with Crippen LogP contribution in [0.5, 0.6) is 0 Å². The monoisotopic (exact) mass is 337 g/mol. The predicted molar refractivity (Wildman–Crippen MR) is 102 cm³/mol. The molecular formula is C20H23N3S. The van der Waals surface area contributed by atoms with Crippen LogP contribution < -0.4 is 5.32 Å². The van der Waals surface area contributed by atoms with Gasteiger partial charge in [-0.1, -0.05) is 18.2 Å². The summed E-state index contributed by atoms with van der Waals surface area (Å²) in [6.45, 7) is 6.57. The lowest BCUT2D eigenvalue weighted by Crippen LogP contribution is -2.33. The highest BCUT2D eigenvalue weighted by atomic mass is 32.1. The van der Waals surface area contributed by atoms with E-state index < -0.39 is 0 Å². The van der Waals surface area contributed by atoms with Crippen molar-refractivity contribution in [3.05, 3.63) is 64.8 Å². The molecule has 24 heavy (non-hydrogen) atoms. The molecule has 4 heteroatoms. The first-order valence-corrected chi connectivity index (χ1v) is 9.48. The molecule has 3 heterocycles. The fraction of sp³-hybridized carbons (Fsp3) is 0.350. The number of nitrogens with one attached hydrogen (secondary N) is 1. The Balaban J connectivity index is 1.81. The number of thiophene rings is 1. The van der Waals surface area contributed by atoms with Gasteiger partial charge < -0.3 is 5.32 Å². The standard InChI is InChI=1S/C20H23N3S/c1-15-14-22-9-7-17(15)20(23-11-4-8-21-10-12-23)19-13-16-5-2-3-6-18(16)24-19/h2-3,5-7,9,13-14,20-21H,4,8,10-12H2,1H3. The second kappa shape index (κ2) is 7.01. The number of hydrogen-bond donors (Lipinski definition) is 1. The molecule has 4 rings (SSSR count). The number of nitrogens with zero attached hydrogens (tertiary/aromatic N) is 2. The molecule has 1 aromatic carbocycles. The van der Waals surface area contributed by atoms with Crippen LogP contribution in [0, 0.1) is 6.92 Å². The maximum Gasteiger partial charge on any atom is 0.0700 e. The van der Waals surface area contributed by atoms with E-state index in [-0.39, 0.29) is 0 Å². The van der Waals surface area contributed by atoms with Crippen LogP contribution >= 0.6 is 11.3 Å². The summed E-state index contributed by atoms with van der Waals surface area (Å²) in [4.78, 5) is 8.37. The average molecular weight is 337 g/mol. The fourth-order valence-corrected chi connectivity index (χ4v) is 4.80. The molecule has 0 saturated carbocycles. The van der Waals surface area contributed by atoms with E-state index in [4.69, 9.17) is 0 Å². The Labute approximate surface area is 147 Å². The number of fused-ring (bicyclic) bond motifs is 1. The Morgan fingerprint density at radius 1 is 1.17 bits per heavy atom. The van der Waals surface area contributed by atoms with Gasteiger partial charge in [0.1, 0.15) is 0 Å². The van der Waals surface area contributed by atoms with Crippen LogP contribution in [0.2, 0.25) is 0 Å².